The summed E-state index contributed by atoms with van der Waals surface area (Å²) in [5.41, 5.74) is 5.87. The van der Waals surface area contributed by atoms with Gasteiger partial charge in [-0.25, -0.2) is 0 Å². The quantitative estimate of drug-likeness (QED) is 0.869. The third-order valence-electron chi connectivity index (χ3n) is 1.88. The van der Waals surface area contributed by atoms with Crippen molar-refractivity contribution in [3.05, 3.63) is 23.8 Å². The van der Waals surface area contributed by atoms with Gasteiger partial charge >= 0.3 is 6.18 Å². The molecule has 6 heteroatoms. The molecule has 0 bridgehead atoms. The highest BCUT2D eigenvalue weighted by atomic mass is 19.4. The number of benzene rings is 1. The van der Waals surface area contributed by atoms with Crippen LogP contribution in [0.25, 0.3) is 0 Å². The molecule has 3 nitrogen and oxygen atoms in total. The number of ether oxygens (including phenoxy) is 2. The molecular formula is C10H12F3NO2. The van der Waals surface area contributed by atoms with E-state index in [0.717, 1.165) is 0 Å². The lowest BCUT2D eigenvalue weighted by Crippen LogP contribution is -2.20. The van der Waals surface area contributed by atoms with Gasteiger partial charge in [0.2, 0.25) is 0 Å². The van der Waals surface area contributed by atoms with Crippen LogP contribution in [0.3, 0.4) is 0 Å². The lowest BCUT2D eigenvalue weighted by Gasteiger charge is -2.15. The standard InChI is InChI=1S/C10H12F3NO2/c1-15-8-4-2-3-7(5-14)9(8)16-6-10(11,12)13/h2-4H,5-6,14H2,1H3. The molecule has 0 atom stereocenters. The normalized spacial score (nSPS) is 11.3. The SMILES string of the molecule is COc1cccc(CN)c1OCC(F)(F)F. The maximum Gasteiger partial charge on any atom is 0.422 e. The minimum atomic E-state index is -4.38. The summed E-state index contributed by atoms with van der Waals surface area (Å²) < 4.78 is 45.6. The molecule has 0 aliphatic carbocycles. The monoisotopic (exact) mass is 235 g/mol. The van der Waals surface area contributed by atoms with Crippen molar-refractivity contribution in [2.75, 3.05) is 13.7 Å². The van der Waals surface area contributed by atoms with Gasteiger partial charge in [-0.05, 0) is 6.07 Å². The molecule has 0 heterocycles. The minimum Gasteiger partial charge on any atom is -0.493 e. The van der Waals surface area contributed by atoms with Crippen LogP contribution in [0.15, 0.2) is 18.2 Å². The topological polar surface area (TPSA) is 44.5 Å². The second-order valence-electron chi connectivity index (χ2n) is 3.06. The van der Waals surface area contributed by atoms with E-state index in [2.05, 4.69) is 4.74 Å². The van der Waals surface area contributed by atoms with Crippen LogP contribution in [0.2, 0.25) is 0 Å². The highest BCUT2D eigenvalue weighted by Crippen LogP contribution is 2.32. The van der Waals surface area contributed by atoms with Gasteiger partial charge in [-0.15, -0.1) is 0 Å². The average molecular weight is 235 g/mol. The lowest BCUT2D eigenvalue weighted by atomic mass is 10.2. The van der Waals surface area contributed by atoms with Crippen molar-refractivity contribution >= 4 is 0 Å². The minimum absolute atomic E-state index is 0.0461. The van der Waals surface area contributed by atoms with E-state index >= 15 is 0 Å². The summed E-state index contributed by atoms with van der Waals surface area (Å²) in [5, 5.41) is 0. The summed E-state index contributed by atoms with van der Waals surface area (Å²) in [5.74, 6) is 0.289. The van der Waals surface area contributed by atoms with E-state index in [1.54, 1.807) is 12.1 Å². The molecule has 0 aliphatic heterocycles. The van der Waals surface area contributed by atoms with E-state index in [1.165, 1.54) is 13.2 Å². The van der Waals surface area contributed by atoms with Gasteiger partial charge in [-0.3, -0.25) is 0 Å². The van der Waals surface area contributed by atoms with Crippen LogP contribution in [0.4, 0.5) is 13.2 Å². The van der Waals surface area contributed by atoms with Gasteiger partial charge in [-0.2, -0.15) is 13.2 Å². The number of methoxy groups -OCH3 is 1. The van der Waals surface area contributed by atoms with Crippen LogP contribution in [-0.4, -0.2) is 19.9 Å². The fourth-order valence-corrected chi connectivity index (χ4v) is 1.20. The zero-order chi connectivity index (χ0) is 12.2. The number of halogens is 3. The van der Waals surface area contributed by atoms with Crippen molar-refractivity contribution in [1.29, 1.82) is 0 Å². The van der Waals surface area contributed by atoms with Crippen LogP contribution < -0.4 is 15.2 Å². The van der Waals surface area contributed by atoms with Crippen LogP contribution in [0, 0.1) is 0 Å². The second kappa shape index (κ2) is 5.07. The molecule has 1 aromatic carbocycles. The molecule has 16 heavy (non-hydrogen) atoms. The van der Waals surface area contributed by atoms with E-state index in [4.69, 9.17) is 10.5 Å². The van der Waals surface area contributed by atoms with Gasteiger partial charge in [0.25, 0.3) is 0 Å². The molecule has 0 aliphatic rings. The van der Waals surface area contributed by atoms with Crippen molar-refractivity contribution in [1.82, 2.24) is 0 Å². The number of rotatable bonds is 4. The van der Waals surface area contributed by atoms with E-state index in [0.29, 0.717) is 5.56 Å². The van der Waals surface area contributed by atoms with Crippen molar-refractivity contribution in [2.45, 2.75) is 12.7 Å². The molecule has 0 saturated carbocycles. The highest BCUT2D eigenvalue weighted by molar-refractivity contribution is 5.46. The Morgan fingerprint density at radius 3 is 2.50 bits per heavy atom. The first kappa shape index (κ1) is 12.6. The summed E-state index contributed by atoms with van der Waals surface area (Å²) >= 11 is 0. The number of para-hydroxylation sites is 1. The number of nitrogens with two attached hydrogens (primary N) is 1. The molecule has 0 aromatic heterocycles. The Kier molecular flexibility index (Phi) is 4.00. The Balaban J connectivity index is 2.91. The van der Waals surface area contributed by atoms with E-state index < -0.39 is 12.8 Å². The van der Waals surface area contributed by atoms with Crippen molar-refractivity contribution < 1.29 is 22.6 Å². The van der Waals surface area contributed by atoms with Crippen LogP contribution in [0.1, 0.15) is 5.56 Å². The average Bonchev–Trinajstić information content (AvgIpc) is 2.24. The third-order valence-corrected chi connectivity index (χ3v) is 1.88. The number of hydrogen-bond donors (Lipinski definition) is 1. The predicted molar refractivity (Wildman–Crippen MR) is 52.4 cm³/mol. The molecule has 0 saturated heterocycles. The Bertz CT molecular complexity index is 330. The number of hydrogen-bond acceptors (Lipinski definition) is 3. The van der Waals surface area contributed by atoms with E-state index in [-0.39, 0.29) is 18.0 Å². The molecule has 0 unspecified atom stereocenters. The number of alkyl halides is 3. The smallest absolute Gasteiger partial charge is 0.422 e. The zero-order valence-corrected chi connectivity index (χ0v) is 8.67. The van der Waals surface area contributed by atoms with E-state index in [1.807, 2.05) is 0 Å². The van der Waals surface area contributed by atoms with Gasteiger partial charge in [0.05, 0.1) is 7.11 Å². The van der Waals surface area contributed by atoms with Crippen molar-refractivity contribution in [3.8, 4) is 11.5 Å². The molecule has 1 aromatic rings. The van der Waals surface area contributed by atoms with E-state index in [9.17, 15) is 13.2 Å². The molecule has 90 valence electrons. The fourth-order valence-electron chi connectivity index (χ4n) is 1.20. The third kappa shape index (κ3) is 3.30. The van der Waals surface area contributed by atoms with Gasteiger partial charge in [-0.1, -0.05) is 12.1 Å². The maximum absolute atomic E-state index is 12.0. The molecule has 1 rings (SSSR count). The lowest BCUT2D eigenvalue weighted by molar-refractivity contribution is -0.153. The Hall–Kier alpha value is -1.43. The van der Waals surface area contributed by atoms with Crippen LogP contribution in [0.5, 0.6) is 11.5 Å². The van der Waals surface area contributed by atoms with Crippen molar-refractivity contribution in [2.24, 2.45) is 5.73 Å². The van der Waals surface area contributed by atoms with Crippen molar-refractivity contribution in [3.63, 3.8) is 0 Å². The summed E-state index contributed by atoms with van der Waals surface area (Å²) in [6.07, 6.45) is -4.38. The van der Waals surface area contributed by atoms with Gasteiger partial charge < -0.3 is 15.2 Å². The summed E-state index contributed by atoms with van der Waals surface area (Å²) in [7, 11) is 1.36. The summed E-state index contributed by atoms with van der Waals surface area (Å²) in [4.78, 5) is 0. The summed E-state index contributed by atoms with van der Waals surface area (Å²) in [6, 6.07) is 4.75. The maximum atomic E-state index is 12.0. The van der Waals surface area contributed by atoms with Crippen LogP contribution in [-0.2, 0) is 6.54 Å². The molecule has 2 N–H and O–H groups in total. The Labute approximate surface area is 91.0 Å². The Morgan fingerprint density at radius 2 is 2.00 bits per heavy atom. The summed E-state index contributed by atoms with van der Waals surface area (Å²) in [6.45, 7) is -1.27. The molecular weight excluding hydrogens is 223 g/mol. The zero-order valence-electron chi connectivity index (χ0n) is 8.67. The molecule has 0 amide bonds. The molecule has 0 spiro atoms. The first-order chi connectivity index (χ1) is 7.48. The van der Waals surface area contributed by atoms with Gasteiger partial charge in [0.1, 0.15) is 0 Å². The Morgan fingerprint density at radius 1 is 1.31 bits per heavy atom. The second-order valence-corrected chi connectivity index (χ2v) is 3.06. The van der Waals surface area contributed by atoms with Gasteiger partial charge in [0, 0.05) is 12.1 Å². The largest absolute Gasteiger partial charge is 0.493 e. The fraction of sp³-hybridized carbons (Fsp3) is 0.400. The molecule has 0 radical (unpaired) electrons. The first-order valence-electron chi connectivity index (χ1n) is 4.53. The molecule has 0 fully saturated rings. The van der Waals surface area contributed by atoms with Gasteiger partial charge in [0.15, 0.2) is 18.1 Å². The highest BCUT2D eigenvalue weighted by Gasteiger charge is 2.29. The van der Waals surface area contributed by atoms with Crippen LogP contribution >= 0.6 is 0 Å². The predicted octanol–water partition coefficient (Wildman–Crippen LogP) is 2.09. The first-order valence-corrected chi connectivity index (χ1v) is 4.53.